The van der Waals surface area contributed by atoms with Crippen molar-refractivity contribution < 1.29 is 13.9 Å². The summed E-state index contributed by atoms with van der Waals surface area (Å²) in [6.07, 6.45) is 4.45. The second-order valence-corrected chi connectivity index (χ2v) is 5.93. The predicted molar refractivity (Wildman–Crippen MR) is 109 cm³/mol. The molecule has 0 saturated heterocycles. The first-order valence-electron chi connectivity index (χ1n) is 8.39. The molecular formula is C19H26Cl2FN3O2. The fraction of sp³-hybridized carbons (Fsp3) is 0.368. The lowest BCUT2D eigenvalue weighted by Gasteiger charge is -2.28. The summed E-state index contributed by atoms with van der Waals surface area (Å²) >= 11 is 0. The Hall–Kier alpha value is -1.89. The van der Waals surface area contributed by atoms with E-state index in [4.69, 9.17) is 10.5 Å². The average molecular weight is 418 g/mol. The third kappa shape index (κ3) is 6.34. The monoisotopic (exact) mass is 417 g/mol. The number of benzene rings is 1. The van der Waals surface area contributed by atoms with Gasteiger partial charge in [-0.3, -0.25) is 9.78 Å². The molecule has 27 heavy (non-hydrogen) atoms. The number of hydrogen-bond donors (Lipinski definition) is 2. The van der Waals surface area contributed by atoms with Gasteiger partial charge in [0, 0.05) is 19.3 Å². The minimum atomic E-state index is -0.568. The van der Waals surface area contributed by atoms with Gasteiger partial charge in [0.1, 0.15) is 5.75 Å². The van der Waals surface area contributed by atoms with Crippen LogP contribution in [0.5, 0.6) is 11.5 Å². The van der Waals surface area contributed by atoms with E-state index in [1.54, 1.807) is 30.5 Å². The summed E-state index contributed by atoms with van der Waals surface area (Å²) in [5.41, 5.74) is 5.86. The van der Waals surface area contributed by atoms with Crippen molar-refractivity contribution >= 4 is 30.7 Å². The molecule has 1 aromatic carbocycles. The van der Waals surface area contributed by atoms with Crippen LogP contribution in [0, 0.1) is 11.2 Å². The zero-order valence-electron chi connectivity index (χ0n) is 15.4. The summed E-state index contributed by atoms with van der Waals surface area (Å²) in [7, 11) is 0. The lowest BCUT2D eigenvalue weighted by molar-refractivity contribution is -0.131. The van der Waals surface area contributed by atoms with Gasteiger partial charge in [-0.15, -0.1) is 24.8 Å². The minimum absolute atomic E-state index is 0. The molecule has 1 aromatic heterocycles. The molecule has 8 heteroatoms. The van der Waals surface area contributed by atoms with Gasteiger partial charge in [0.05, 0.1) is 11.6 Å². The van der Waals surface area contributed by atoms with E-state index < -0.39 is 11.2 Å². The van der Waals surface area contributed by atoms with Gasteiger partial charge in [-0.05, 0) is 42.7 Å². The molecule has 2 rings (SSSR count). The second kappa shape index (κ2) is 11.7. The van der Waals surface area contributed by atoms with Gasteiger partial charge in [-0.1, -0.05) is 19.9 Å². The molecule has 1 heterocycles. The van der Waals surface area contributed by atoms with Crippen molar-refractivity contribution in [2.24, 2.45) is 11.1 Å². The molecule has 0 aliphatic rings. The minimum Gasteiger partial charge on any atom is -0.453 e. The normalized spacial score (nSPS) is 10.4. The van der Waals surface area contributed by atoms with Crippen molar-refractivity contribution in [3.8, 4) is 11.5 Å². The van der Waals surface area contributed by atoms with Gasteiger partial charge < -0.3 is 15.8 Å². The molecule has 0 saturated carbocycles. The summed E-state index contributed by atoms with van der Waals surface area (Å²) in [5, 5.41) is 2.85. The van der Waals surface area contributed by atoms with Crippen LogP contribution in [0.4, 0.5) is 4.39 Å². The molecular weight excluding hydrogens is 392 g/mol. The Morgan fingerprint density at radius 2 is 1.96 bits per heavy atom. The number of rotatable bonds is 8. The maximum Gasteiger partial charge on any atom is 0.227 e. The highest BCUT2D eigenvalue weighted by atomic mass is 35.5. The number of hydrogen-bond acceptors (Lipinski definition) is 4. The number of pyridine rings is 1. The summed E-state index contributed by atoms with van der Waals surface area (Å²) < 4.78 is 19.7. The average Bonchev–Trinajstić information content (AvgIpc) is 2.65. The van der Waals surface area contributed by atoms with Gasteiger partial charge >= 0.3 is 0 Å². The van der Waals surface area contributed by atoms with Gasteiger partial charge in [-0.25, -0.2) is 4.39 Å². The number of nitrogens with two attached hydrogens (primary N) is 1. The number of carbonyl (C=O) groups excluding carboxylic acids is 1. The summed E-state index contributed by atoms with van der Waals surface area (Å²) in [5.74, 6) is -0.0228. The van der Waals surface area contributed by atoms with Crippen LogP contribution in [-0.2, 0) is 11.3 Å². The van der Waals surface area contributed by atoms with Crippen LogP contribution in [0.25, 0.3) is 0 Å². The molecule has 0 aliphatic heterocycles. The zero-order valence-corrected chi connectivity index (χ0v) is 17.0. The van der Waals surface area contributed by atoms with Crippen LogP contribution >= 0.6 is 24.8 Å². The number of aromatic nitrogens is 1. The van der Waals surface area contributed by atoms with Crippen LogP contribution in [-0.4, -0.2) is 17.4 Å². The number of halogens is 3. The Morgan fingerprint density at radius 3 is 2.48 bits per heavy atom. The third-order valence-corrected chi connectivity index (χ3v) is 4.54. The summed E-state index contributed by atoms with van der Waals surface area (Å²) in [6, 6.07) is 8.02. The molecule has 0 atom stereocenters. The smallest absolute Gasteiger partial charge is 0.227 e. The van der Waals surface area contributed by atoms with Crippen molar-refractivity contribution in [1.29, 1.82) is 0 Å². The maximum atomic E-state index is 14.2. The third-order valence-electron chi connectivity index (χ3n) is 4.54. The van der Waals surface area contributed by atoms with Crippen LogP contribution < -0.4 is 15.8 Å². The maximum absolute atomic E-state index is 14.2. The highest BCUT2D eigenvalue weighted by Crippen LogP contribution is 2.26. The predicted octanol–water partition coefficient (Wildman–Crippen LogP) is 4.24. The topological polar surface area (TPSA) is 77.2 Å². The number of ether oxygens (including phenoxy) is 1. The zero-order chi connectivity index (χ0) is 18.3. The van der Waals surface area contributed by atoms with Crippen molar-refractivity contribution in [2.45, 2.75) is 33.2 Å². The Bertz CT molecular complexity index is 705. The Kier molecular flexibility index (Phi) is 10.9. The SMILES string of the molecule is CCC(CC)(CN)C(=O)NCc1ccc(Oc2cccnc2)c(F)c1.Cl.Cl. The Balaban J connectivity index is 0.00000338. The Labute approximate surface area is 171 Å². The largest absolute Gasteiger partial charge is 0.453 e. The van der Waals surface area contributed by atoms with E-state index in [9.17, 15) is 9.18 Å². The van der Waals surface area contributed by atoms with E-state index in [1.807, 2.05) is 13.8 Å². The molecule has 3 N–H and O–H groups in total. The number of nitrogens with zero attached hydrogens (tertiary/aromatic N) is 1. The fourth-order valence-electron chi connectivity index (χ4n) is 2.59. The fourth-order valence-corrected chi connectivity index (χ4v) is 2.59. The second-order valence-electron chi connectivity index (χ2n) is 5.93. The first kappa shape index (κ1) is 25.1. The standard InChI is InChI=1S/C19H24FN3O2.2ClH/c1-3-19(4-2,13-21)18(24)23-11-14-7-8-17(16(20)10-14)25-15-6-5-9-22-12-15;;/h5-10,12H,3-4,11,13,21H2,1-2H3,(H,23,24);2*1H. The van der Waals surface area contributed by atoms with E-state index >= 15 is 0 Å². The van der Waals surface area contributed by atoms with Crippen molar-refractivity contribution in [3.63, 3.8) is 0 Å². The first-order valence-corrected chi connectivity index (χ1v) is 8.39. The van der Waals surface area contributed by atoms with E-state index in [0.717, 1.165) is 0 Å². The Morgan fingerprint density at radius 1 is 1.26 bits per heavy atom. The van der Waals surface area contributed by atoms with E-state index in [-0.39, 0.29) is 49.6 Å². The van der Waals surface area contributed by atoms with Crippen molar-refractivity contribution in [2.75, 3.05) is 6.54 Å². The molecule has 0 bridgehead atoms. The molecule has 1 amide bonds. The number of amides is 1. The number of nitrogens with one attached hydrogen (secondary N) is 1. The van der Waals surface area contributed by atoms with Crippen LogP contribution in [0.3, 0.4) is 0 Å². The molecule has 150 valence electrons. The molecule has 0 spiro atoms. The van der Waals surface area contributed by atoms with Gasteiger partial charge in [0.2, 0.25) is 5.91 Å². The van der Waals surface area contributed by atoms with Crippen molar-refractivity contribution in [3.05, 3.63) is 54.1 Å². The number of carbonyl (C=O) groups is 1. The molecule has 0 radical (unpaired) electrons. The van der Waals surface area contributed by atoms with Crippen LogP contribution in [0.15, 0.2) is 42.7 Å². The molecule has 0 aliphatic carbocycles. The van der Waals surface area contributed by atoms with Gasteiger partial charge in [-0.2, -0.15) is 0 Å². The van der Waals surface area contributed by atoms with Crippen LogP contribution in [0.1, 0.15) is 32.3 Å². The van der Waals surface area contributed by atoms with Gasteiger partial charge in [0.25, 0.3) is 0 Å². The highest BCUT2D eigenvalue weighted by molar-refractivity contribution is 5.85. The molecule has 2 aromatic rings. The van der Waals surface area contributed by atoms with E-state index in [2.05, 4.69) is 10.3 Å². The summed E-state index contributed by atoms with van der Waals surface area (Å²) in [6.45, 7) is 4.42. The lowest BCUT2D eigenvalue weighted by Crippen LogP contribution is -2.45. The molecule has 0 fully saturated rings. The van der Waals surface area contributed by atoms with Crippen LogP contribution in [0.2, 0.25) is 0 Å². The molecule has 0 unspecified atom stereocenters. The first-order chi connectivity index (χ1) is 12.0. The lowest BCUT2D eigenvalue weighted by atomic mass is 9.81. The van der Waals surface area contributed by atoms with Gasteiger partial charge in [0.15, 0.2) is 11.6 Å². The highest BCUT2D eigenvalue weighted by Gasteiger charge is 2.32. The quantitative estimate of drug-likeness (QED) is 0.673. The van der Waals surface area contributed by atoms with E-state index in [0.29, 0.717) is 24.2 Å². The molecule has 5 nitrogen and oxygen atoms in total. The summed E-state index contributed by atoms with van der Waals surface area (Å²) in [4.78, 5) is 16.3. The van der Waals surface area contributed by atoms with E-state index in [1.165, 1.54) is 12.3 Å². The van der Waals surface area contributed by atoms with Crippen molar-refractivity contribution in [1.82, 2.24) is 10.3 Å².